The summed E-state index contributed by atoms with van der Waals surface area (Å²) in [4.78, 5) is 85.9. The first kappa shape index (κ1) is 60.7. The first-order valence-electron chi connectivity index (χ1n) is 25.2. The van der Waals surface area contributed by atoms with E-state index in [9.17, 15) is 29.7 Å². The molecule has 0 aliphatic rings. The second-order valence-corrected chi connectivity index (χ2v) is 25.5. The van der Waals surface area contributed by atoms with Crippen molar-refractivity contribution < 1.29 is 43.9 Å². The predicted molar refractivity (Wildman–Crippen MR) is 293 cm³/mol. The van der Waals surface area contributed by atoms with Crippen LogP contribution in [0.3, 0.4) is 0 Å². The van der Waals surface area contributed by atoms with E-state index in [0.29, 0.717) is 50.1 Å². The molecular formula is C60H81N3O12. The highest BCUT2D eigenvalue weighted by molar-refractivity contribution is 5.82. The van der Waals surface area contributed by atoms with Gasteiger partial charge in [-0.15, -0.1) is 0 Å². The lowest BCUT2D eigenvalue weighted by Crippen LogP contribution is -2.56. The van der Waals surface area contributed by atoms with Gasteiger partial charge in [-0.2, -0.15) is 0 Å². The molecule has 15 nitrogen and oxygen atoms in total. The van der Waals surface area contributed by atoms with Gasteiger partial charge in [0.1, 0.15) is 35.6 Å². The van der Waals surface area contributed by atoms with Gasteiger partial charge in [-0.3, -0.25) is 0 Å². The highest BCUT2D eigenvalue weighted by Crippen LogP contribution is 2.45. The smallest absolute Gasteiger partial charge is 0.336 e. The maximum absolute atomic E-state index is 15.3. The summed E-state index contributed by atoms with van der Waals surface area (Å²) in [6.45, 7) is 42.6. The summed E-state index contributed by atoms with van der Waals surface area (Å²) in [5.41, 5.74) is -3.78. The van der Waals surface area contributed by atoms with E-state index in [1.807, 2.05) is 125 Å². The van der Waals surface area contributed by atoms with Crippen molar-refractivity contribution in [2.24, 2.45) is 0 Å². The summed E-state index contributed by atoms with van der Waals surface area (Å²) in [5, 5.41) is 35.1. The van der Waals surface area contributed by atoms with E-state index in [1.165, 1.54) is 0 Å². The van der Waals surface area contributed by atoms with Gasteiger partial charge in [-0.05, 0) is 119 Å². The average molecular weight is 1040 g/mol. The van der Waals surface area contributed by atoms with E-state index in [0.717, 1.165) is 31.9 Å². The summed E-state index contributed by atoms with van der Waals surface area (Å²) in [7, 11) is 0. The minimum absolute atomic E-state index is 0.0118. The molecule has 15 heteroatoms. The average Bonchev–Trinajstić information content (AvgIpc) is 3.27. The Morgan fingerprint density at radius 2 is 0.560 bits per heavy atom. The van der Waals surface area contributed by atoms with Crippen LogP contribution < -0.4 is 17.1 Å². The SMILES string of the molecule is C=CC(=O)OC(Cn1c(=O)n(CC(OC(=O)C=C)c2cc(C(C)(C)C)c(O)c(C(C)(C)C)c2)c(=O)n(CC(OC(=O)C=C)c2cc(C(C)(C)C)c(O)c(C(C)(C)C)c2)c1=O)c1cc(C(C)(C)C)c(O)c(C(C)(C)C)c1. The fraction of sp³-hybridized carbons (Fsp3) is 0.500. The van der Waals surface area contributed by atoms with Crippen LogP contribution in [0.1, 0.15) is 193 Å². The first-order valence-corrected chi connectivity index (χ1v) is 25.2. The van der Waals surface area contributed by atoms with Crippen molar-refractivity contribution in [1.82, 2.24) is 13.7 Å². The molecule has 1 heterocycles. The number of aromatic hydroxyl groups is 3. The van der Waals surface area contributed by atoms with Gasteiger partial charge in [0.15, 0.2) is 0 Å². The van der Waals surface area contributed by atoms with Gasteiger partial charge < -0.3 is 29.5 Å². The van der Waals surface area contributed by atoms with Gasteiger partial charge >= 0.3 is 35.0 Å². The molecule has 0 aliphatic carbocycles. The van der Waals surface area contributed by atoms with Crippen molar-refractivity contribution in [2.45, 2.75) is 195 Å². The minimum atomic E-state index is -1.44. The molecule has 3 unspecified atom stereocenters. The molecule has 408 valence electrons. The van der Waals surface area contributed by atoms with Crippen molar-refractivity contribution in [3.63, 3.8) is 0 Å². The van der Waals surface area contributed by atoms with Crippen LogP contribution >= 0.6 is 0 Å². The van der Waals surface area contributed by atoms with Gasteiger partial charge in [0, 0.05) is 18.2 Å². The molecular weight excluding hydrogens is 955 g/mol. The lowest BCUT2D eigenvalue weighted by Gasteiger charge is -2.30. The van der Waals surface area contributed by atoms with E-state index in [-0.39, 0.29) is 17.2 Å². The van der Waals surface area contributed by atoms with Crippen molar-refractivity contribution in [1.29, 1.82) is 0 Å². The number of phenols is 3. The third kappa shape index (κ3) is 13.9. The molecule has 0 amide bonds. The molecule has 3 atom stereocenters. The Kier molecular flexibility index (Phi) is 17.6. The maximum Gasteiger partial charge on any atom is 0.336 e. The summed E-state index contributed by atoms with van der Waals surface area (Å²) in [5.74, 6) is -2.70. The Labute approximate surface area is 442 Å². The number of rotatable bonds is 15. The van der Waals surface area contributed by atoms with E-state index >= 15 is 14.4 Å². The molecule has 0 saturated heterocycles. The highest BCUT2D eigenvalue weighted by atomic mass is 16.6. The number of hydrogen-bond acceptors (Lipinski definition) is 12. The van der Waals surface area contributed by atoms with Crippen LogP contribution in [-0.4, -0.2) is 46.9 Å². The van der Waals surface area contributed by atoms with Crippen LogP contribution in [0.15, 0.2) is 88.7 Å². The molecule has 0 radical (unpaired) electrons. The molecule has 0 spiro atoms. The van der Waals surface area contributed by atoms with Gasteiger partial charge in [-0.1, -0.05) is 144 Å². The summed E-state index contributed by atoms with van der Waals surface area (Å²) >= 11 is 0. The van der Waals surface area contributed by atoms with Crippen LogP contribution in [0.25, 0.3) is 0 Å². The Morgan fingerprint density at radius 1 is 0.400 bits per heavy atom. The number of nitrogens with zero attached hydrogens (tertiary/aromatic N) is 3. The van der Waals surface area contributed by atoms with E-state index < -0.39 is 105 Å². The Bertz CT molecular complexity index is 2610. The van der Waals surface area contributed by atoms with Gasteiger partial charge in [0.05, 0.1) is 19.6 Å². The van der Waals surface area contributed by atoms with E-state index in [2.05, 4.69) is 19.7 Å². The zero-order valence-electron chi connectivity index (χ0n) is 47.5. The highest BCUT2D eigenvalue weighted by Gasteiger charge is 2.35. The van der Waals surface area contributed by atoms with Gasteiger partial charge in [0.25, 0.3) is 0 Å². The molecule has 1 aromatic heterocycles. The number of ether oxygens (including phenoxy) is 3. The quantitative estimate of drug-likeness (QED) is 0.0578. The molecule has 75 heavy (non-hydrogen) atoms. The molecule has 0 saturated carbocycles. The Morgan fingerprint density at radius 3 is 0.693 bits per heavy atom. The maximum atomic E-state index is 15.3. The van der Waals surface area contributed by atoms with Crippen molar-refractivity contribution in [3.8, 4) is 17.2 Å². The second kappa shape index (κ2) is 21.8. The fourth-order valence-electron chi connectivity index (χ4n) is 8.80. The van der Waals surface area contributed by atoms with Crippen LogP contribution in [0.4, 0.5) is 0 Å². The van der Waals surface area contributed by atoms with Gasteiger partial charge in [-0.25, -0.2) is 42.5 Å². The number of phenolic OH excluding ortho intramolecular Hbond substituents is 3. The Balaban J connectivity index is 2.26. The summed E-state index contributed by atoms with van der Waals surface area (Å²) < 4.78 is 20.1. The Hall–Kier alpha value is -6.90. The predicted octanol–water partition coefficient (Wildman–Crippen LogP) is 10.5. The molecule has 0 fully saturated rings. The van der Waals surface area contributed by atoms with Crippen LogP contribution in [0.2, 0.25) is 0 Å². The normalized spacial score (nSPS) is 13.8. The lowest BCUT2D eigenvalue weighted by atomic mass is 9.78. The zero-order chi connectivity index (χ0) is 57.5. The number of carbonyl (C=O) groups excluding carboxylic acids is 3. The number of hydrogen-bond donors (Lipinski definition) is 3. The van der Waals surface area contributed by atoms with Crippen LogP contribution in [0, 0.1) is 0 Å². The third-order valence-corrected chi connectivity index (χ3v) is 13.1. The van der Waals surface area contributed by atoms with E-state index in [1.54, 1.807) is 36.4 Å². The van der Waals surface area contributed by atoms with Crippen molar-refractivity contribution in [2.75, 3.05) is 0 Å². The minimum Gasteiger partial charge on any atom is -0.507 e. The molecule has 4 rings (SSSR count). The van der Waals surface area contributed by atoms with Crippen molar-refractivity contribution in [3.05, 3.63) is 156 Å². The molecule has 4 aromatic rings. The van der Waals surface area contributed by atoms with Crippen LogP contribution in [-0.2, 0) is 80.7 Å². The molecule has 0 aliphatic heterocycles. The standard InChI is InChI=1S/C60H81N3O12/c1-22-46(64)73-43(34-25-37(55(4,5)6)49(67)38(26-34)56(7,8)9)31-61-52(70)62(32-44(74-47(65)23-2)35-27-39(57(10,11)12)50(68)40(28-35)58(13,14)15)54(72)63(53(61)71)33-45(75-48(66)24-3)36-29-41(59(16,17)18)51(69)42(30-36)60(19,20)21/h22-30,43-45,67-69H,1-3,31-33H2,4-21H3. The number of benzene rings is 3. The number of aromatic nitrogens is 3. The van der Waals surface area contributed by atoms with E-state index in [4.69, 9.17) is 14.2 Å². The lowest BCUT2D eigenvalue weighted by molar-refractivity contribution is -0.144. The first-order chi connectivity index (χ1) is 34.1. The number of esters is 3. The largest absolute Gasteiger partial charge is 0.507 e. The second-order valence-electron chi connectivity index (χ2n) is 25.5. The molecule has 3 N–H and O–H groups in total. The monoisotopic (exact) mass is 1040 g/mol. The van der Waals surface area contributed by atoms with Gasteiger partial charge in [0.2, 0.25) is 0 Å². The van der Waals surface area contributed by atoms with Crippen LogP contribution in [0.5, 0.6) is 17.2 Å². The summed E-state index contributed by atoms with van der Waals surface area (Å²) in [6.07, 6.45) is -1.54. The topological polar surface area (TPSA) is 206 Å². The number of carbonyl (C=O) groups is 3. The van der Waals surface area contributed by atoms with Crippen molar-refractivity contribution >= 4 is 17.9 Å². The third-order valence-electron chi connectivity index (χ3n) is 13.1. The fourth-order valence-corrected chi connectivity index (χ4v) is 8.80. The zero-order valence-corrected chi connectivity index (χ0v) is 47.5. The molecule has 3 aromatic carbocycles. The molecule has 0 bridgehead atoms. The summed E-state index contributed by atoms with van der Waals surface area (Å²) in [6, 6.07) is 9.81.